The molecule has 0 aliphatic rings. The molecule has 6 heavy (non-hydrogen) atoms. The molecule has 0 N–H and O–H groups in total. The van der Waals surface area contributed by atoms with Crippen molar-refractivity contribution in [2.45, 2.75) is 0 Å². The van der Waals surface area contributed by atoms with Crippen LogP contribution < -0.4 is 18.9 Å². The molecule has 0 amide bonds. The van der Waals surface area contributed by atoms with Crippen molar-refractivity contribution in [2.75, 3.05) is 0 Å². The Kier molecular flexibility index (Phi) is 347. The van der Waals surface area contributed by atoms with Crippen molar-refractivity contribution in [1.29, 1.82) is 0 Å². The average Bonchev–Trinajstić information content (AvgIpc) is 1.00. The van der Waals surface area contributed by atoms with Crippen LogP contribution in [0, 0.1) is 0 Å². The second kappa shape index (κ2) is 52.4. The van der Waals surface area contributed by atoms with Gasteiger partial charge in [0.25, 0.3) is 0 Å². The molecule has 0 unspecified atom stereocenters. The van der Waals surface area contributed by atoms with Gasteiger partial charge in [-0.1, -0.05) is 0 Å². The van der Waals surface area contributed by atoms with Crippen molar-refractivity contribution in [3.63, 3.8) is 0 Å². The molecule has 0 bridgehead atoms. The number of rotatable bonds is 0. The van der Waals surface area contributed by atoms with E-state index in [1.165, 1.54) is 0 Å². The van der Waals surface area contributed by atoms with Crippen molar-refractivity contribution in [3.05, 3.63) is 0 Å². The zero-order valence-electron chi connectivity index (χ0n) is 3.75. The molecule has 0 aliphatic carbocycles. The van der Waals surface area contributed by atoms with E-state index in [1.54, 1.807) is 15.9 Å². The zero-order chi connectivity index (χ0) is 2.00. The molecule has 6 heteroatoms. The van der Waals surface area contributed by atoms with E-state index in [2.05, 4.69) is 0 Å². The fourth-order valence-corrected chi connectivity index (χ4v) is 0. The Hall–Kier alpha value is 2.41. The van der Waals surface area contributed by atoms with Crippen molar-refractivity contribution in [1.82, 2.24) is 0 Å². The van der Waals surface area contributed by atoms with Crippen LogP contribution in [0.5, 0.6) is 0 Å². The topological polar surface area (TPSA) is 17.1 Å². The van der Waals surface area contributed by atoms with Gasteiger partial charge in [0.15, 0.2) is 0 Å². The molecule has 0 heterocycles. The van der Waals surface area contributed by atoms with Crippen molar-refractivity contribution < 1.29 is 89.8 Å². The molecule has 0 aromatic heterocycles. The van der Waals surface area contributed by atoms with Gasteiger partial charge in [0.1, 0.15) is 0 Å². The molecule has 0 atom stereocenters. The van der Waals surface area contributed by atoms with Crippen LogP contribution in [0.1, 0.15) is 1.43 Å². The molecule has 0 fully saturated rings. The van der Waals surface area contributed by atoms with Crippen LogP contribution in [-0.2, 0) is 69.5 Å². The molecule has 0 aliphatic heterocycles. The molecule has 0 spiro atoms. The van der Waals surface area contributed by atoms with Gasteiger partial charge in [0, 0.05) is 49.8 Å². The summed E-state index contributed by atoms with van der Waals surface area (Å²) in [5.41, 5.74) is 0. The summed E-state index contributed by atoms with van der Waals surface area (Å²) >= 11 is 1.69. The van der Waals surface area contributed by atoms with Crippen LogP contribution in [0.2, 0.25) is 0 Å². The van der Waals surface area contributed by atoms with E-state index in [1.807, 2.05) is 0 Å². The van der Waals surface area contributed by atoms with Gasteiger partial charge < -0.3 is 1.43 Å². The van der Waals surface area contributed by atoms with Gasteiger partial charge in [0.2, 0.25) is 0 Å². The van der Waals surface area contributed by atoms with Crippen LogP contribution in [-0.4, -0.2) is 0 Å². The van der Waals surface area contributed by atoms with Gasteiger partial charge in [0.05, 0.1) is 0 Å². The van der Waals surface area contributed by atoms with Crippen LogP contribution in [0.3, 0.4) is 0 Å². The third kappa shape index (κ3) is 32.3. The maximum absolute atomic E-state index is 8.06. The molecule has 0 saturated carbocycles. The zero-order valence-corrected chi connectivity index (χ0v) is 6.95. The number of hydrogen-bond acceptors (Lipinski definition) is 1. The first-order valence-electron chi connectivity index (χ1n) is 0.154. The summed E-state index contributed by atoms with van der Waals surface area (Å²) < 4.78 is 8.06. The first kappa shape index (κ1) is 39.7. The minimum absolute atomic E-state index is 0. The monoisotopic (exact) mass is 254 g/mol. The molecule has 0 saturated heterocycles. The Labute approximate surface area is 88.9 Å². The number of hydrogen-bond donors (Lipinski definition) is 0. The van der Waals surface area contributed by atoms with E-state index in [9.17, 15) is 0 Å². The van der Waals surface area contributed by atoms with Gasteiger partial charge in [-0.15, -0.1) is 0 Å². The summed E-state index contributed by atoms with van der Waals surface area (Å²) in [5.74, 6) is 0. The van der Waals surface area contributed by atoms with Crippen LogP contribution in [0.15, 0.2) is 0 Å². The molecular formula is HCoLiMnNi2O. The van der Waals surface area contributed by atoms with Crippen molar-refractivity contribution in [3.8, 4) is 0 Å². The van der Waals surface area contributed by atoms with Gasteiger partial charge in [-0.3, -0.25) is 0 Å². The van der Waals surface area contributed by atoms with E-state index >= 15 is 0 Å². The third-order valence-electron chi connectivity index (χ3n) is 0. The van der Waals surface area contributed by atoms with Gasteiger partial charge >= 0.3 is 38.6 Å². The first-order valence-corrected chi connectivity index (χ1v) is 0.636. The quantitative estimate of drug-likeness (QED) is 0.421. The summed E-state index contributed by atoms with van der Waals surface area (Å²) in [6.07, 6.45) is 0. The second-order valence-electron chi connectivity index (χ2n) is 0. The van der Waals surface area contributed by atoms with E-state index in [0.29, 0.717) is 0 Å². The summed E-state index contributed by atoms with van der Waals surface area (Å²) in [5, 5.41) is 0. The van der Waals surface area contributed by atoms with Crippen LogP contribution in [0.4, 0.5) is 0 Å². The SMILES string of the molecule is [Co].[H-].[Li+].[Ni].[Ni].[O]=[Mn]. The van der Waals surface area contributed by atoms with Crippen LogP contribution >= 0.6 is 0 Å². The standard InChI is InChI=1S/Co.Li.Mn.2Ni.O.H/q;+1;;;;;-1. The molecule has 0 rings (SSSR count). The van der Waals surface area contributed by atoms with E-state index in [4.69, 9.17) is 3.83 Å². The Morgan fingerprint density at radius 2 is 1.17 bits per heavy atom. The van der Waals surface area contributed by atoms with Gasteiger partial charge in [-0.05, 0) is 0 Å². The molecular weight excluding hydrogens is 254 g/mol. The summed E-state index contributed by atoms with van der Waals surface area (Å²) in [7, 11) is 0. The van der Waals surface area contributed by atoms with Crippen molar-refractivity contribution >= 4 is 0 Å². The predicted octanol–water partition coefficient (Wildman–Crippen LogP) is -3.01. The Morgan fingerprint density at radius 1 is 1.17 bits per heavy atom. The maximum atomic E-state index is 8.06. The third-order valence-corrected chi connectivity index (χ3v) is 0. The van der Waals surface area contributed by atoms with E-state index in [-0.39, 0.29) is 70.0 Å². The molecule has 44 valence electrons. The molecule has 1 radical (unpaired) electrons. The Balaban J connectivity index is -0.000000000500. The fraction of sp³-hybridized carbons (Fsp3) is 0. The minimum atomic E-state index is 0. The fourth-order valence-electron chi connectivity index (χ4n) is 0. The normalized spacial score (nSPS) is 0.667. The molecule has 0 aromatic rings. The Morgan fingerprint density at radius 3 is 1.17 bits per heavy atom. The molecule has 1 nitrogen and oxygen atoms in total. The molecule has 0 aromatic carbocycles. The van der Waals surface area contributed by atoms with E-state index in [0.717, 1.165) is 0 Å². The van der Waals surface area contributed by atoms with Crippen LogP contribution in [0.25, 0.3) is 0 Å². The first-order chi connectivity index (χ1) is 1.00. The summed E-state index contributed by atoms with van der Waals surface area (Å²) in [4.78, 5) is 0. The van der Waals surface area contributed by atoms with Gasteiger partial charge in [-0.25, -0.2) is 0 Å². The van der Waals surface area contributed by atoms with Gasteiger partial charge in [-0.2, -0.15) is 0 Å². The average molecular weight is 255 g/mol. The Bertz CT molecular complexity index is 17.7. The summed E-state index contributed by atoms with van der Waals surface area (Å²) in [6.45, 7) is 0. The summed E-state index contributed by atoms with van der Waals surface area (Å²) in [6, 6.07) is 0. The second-order valence-corrected chi connectivity index (χ2v) is 0. The van der Waals surface area contributed by atoms with Crippen molar-refractivity contribution in [2.24, 2.45) is 0 Å². The predicted molar refractivity (Wildman–Crippen MR) is 1.80 cm³/mol. The van der Waals surface area contributed by atoms with E-state index < -0.39 is 0 Å².